The van der Waals surface area contributed by atoms with Crippen LogP contribution in [0.3, 0.4) is 0 Å². The molecule has 1 saturated heterocycles. The van der Waals surface area contributed by atoms with Crippen molar-refractivity contribution < 1.29 is 13.2 Å². The first-order valence-corrected chi connectivity index (χ1v) is 14.6. The largest absolute Gasteiger partial charge is 0.416 e. The van der Waals surface area contributed by atoms with E-state index in [0.717, 1.165) is 30.2 Å². The average Bonchev–Trinajstić information content (AvgIpc) is 2.72. The summed E-state index contributed by atoms with van der Waals surface area (Å²) >= 11 is 0. The summed E-state index contributed by atoms with van der Waals surface area (Å²) in [6, 6.07) is 10.7. The van der Waals surface area contributed by atoms with Crippen molar-refractivity contribution in [2.75, 3.05) is 0 Å². The third-order valence-corrected chi connectivity index (χ3v) is 11.4. The standard InChI is InChI=1S/C25H39F3Si/c1-2-17-29-18-15-21(16-19-29)6-4-3-5-20-7-9-22(10-8-20)23-11-13-24(14-12-23)25(26,27)28/h11-14,20-22,29H,2-10,15-19H2,1H3. The van der Waals surface area contributed by atoms with Gasteiger partial charge in [-0.25, -0.2) is 0 Å². The highest BCUT2D eigenvalue weighted by Gasteiger charge is 2.30. The molecule has 1 saturated carbocycles. The highest BCUT2D eigenvalue weighted by Crippen LogP contribution is 2.39. The smallest absolute Gasteiger partial charge is 0.166 e. The Hall–Kier alpha value is -0.773. The lowest BCUT2D eigenvalue weighted by atomic mass is 9.77. The van der Waals surface area contributed by atoms with Gasteiger partial charge in [-0.1, -0.05) is 82.1 Å². The SMILES string of the molecule is CCC[SiH]1CCC(CCCCC2CCC(c3ccc(C(F)(F)F)cc3)CC2)CC1. The van der Waals surface area contributed by atoms with Gasteiger partial charge in [0, 0.05) is 8.80 Å². The van der Waals surface area contributed by atoms with Crippen molar-refractivity contribution in [3.05, 3.63) is 35.4 Å². The van der Waals surface area contributed by atoms with Crippen molar-refractivity contribution in [1.82, 2.24) is 0 Å². The minimum absolute atomic E-state index is 0.328. The molecule has 0 amide bonds. The summed E-state index contributed by atoms with van der Waals surface area (Å²) in [6.45, 7) is 2.34. The average molecular weight is 425 g/mol. The van der Waals surface area contributed by atoms with E-state index in [-0.39, 0.29) is 8.80 Å². The Kier molecular flexibility index (Phi) is 8.70. The van der Waals surface area contributed by atoms with Crippen molar-refractivity contribution in [3.63, 3.8) is 0 Å². The molecule has 1 aromatic carbocycles. The van der Waals surface area contributed by atoms with E-state index in [0.29, 0.717) is 5.92 Å². The molecule has 1 aliphatic carbocycles. The summed E-state index contributed by atoms with van der Waals surface area (Å²) < 4.78 is 38.2. The molecule has 0 unspecified atom stereocenters. The molecule has 0 radical (unpaired) electrons. The molecule has 2 fully saturated rings. The molecular formula is C25H39F3Si. The molecular weight excluding hydrogens is 385 g/mol. The molecule has 164 valence electrons. The first-order valence-electron chi connectivity index (χ1n) is 12.1. The second-order valence-electron chi connectivity index (χ2n) is 9.80. The second-order valence-corrected chi connectivity index (χ2v) is 13.3. The third-order valence-electron chi connectivity index (χ3n) is 7.69. The van der Waals surface area contributed by atoms with Crippen molar-refractivity contribution in [2.45, 2.75) is 108 Å². The van der Waals surface area contributed by atoms with Crippen LogP contribution in [0.1, 0.15) is 94.6 Å². The zero-order chi connectivity index (χ0) is 20.7. The van der Waals surface area contributed by atoms with Crippen LogP contribution in [-0.2, 0) is 6.18 Å². The molecule has 0 bridgehead atoms. The van der Waals surface area contributed by atoms with Gasteiger partial charge < -0.3 is 0 Å². The first-order chi connectivity index (χ1) is 14.0. The summed E-state index contributed by atoms with van der Waals surface area (Å²) in [5, 5.41) is 0. The van der Waals surface area contributed by atoms with E-state index in [9.17, 15) is 13.2 Å². The Morgan fingerprint density at radius 3 is 1.90 bits per heavy atom. The fourth-order valence-corrected chi connectivity index (χ4v) is 9.38. The van der Waals surface area contributed by atoms with Gasteiger partial charge in [0.05, 0.1) is 5.56 Å². The maximum atomic E-state index is 12.7. The third kappa shape index (κ3) is 7.15. The Morgan fingerprint density at radius 2 is 1.38 bits per heavy atom. The molecule has 2 aliphatic rings. The molecule has 0 aromatic heterocycles. The Bertz CT molecular complexity index is 579. The lowest BCUT2D eigenvalue weighted by Gasteiger charge is -2.30. The lowest BCUT2D eigenvalue weighted by molar-refractivity contribution is -0.137. The molecule has 1 aliphatic heterocycles. The number of hydrogen-bond acceptors (Lipinski definition) is 0. The zero-order valence-corrected chi connectivity index (χ0v) is 19.3. The molecule has 0 spiro atoms. The van der Waals surface area contributed by atoms with Crippen LogP contribution in [0.15, 0.2) is 24.3 Å². The number of rotatable bonds is 8. The van der Waals surface area contributed by atoms with Gasteiger partial charge in [-0.3, -0.25) is 0 Å². The molecule has 3 rings (SSSR count). The van der Waals surface area contributed by atoms with Gasteiger partial charge in [0.15, 0.2) is 0 Å². The Labute approximate surface area is 177 Å². The van der Waals surface area contributed by atoms with Crippen molar-refractivity contribution >= 4 is 8.80 Å². The summed E-state index contributed by atoms with van der Waals surface area (Å²) in [4.78, 5) is 0. The van der Waals surface area contributed by atoms with Gasteiger partial charge in [-0.2, -0.15) is 13.2 Å². The number of unbranched alkanes of at least 4 members (excludes halogenated alkanes) is 1. The van der Waals surface area contributed by atoms with E-state index in [1.54, 1.807) is 30.3 Å². The molecule has 0 N–H and O–H groups in total. The highest BCUT2D eigenvalue weighted by atomic mass is 28.3. The van der Waals surface area contributed by atoms with Crippen LogP contribution in [0.4, 0.5) is 13.2 Å². The topological polar surface area (TPSA) is 0 Å². The van der Waals surface area contributed by atoms with Crippen molar-refractivity contribution in [3.8, 4) is 0 Å². The summed E-state index contributed by atoms with van der Waals surface area (Å²) in [6.07, 6.45) is 10.6. The van der Waals surface area contributed by atoms with Gasteiger partial charge in [0.1, 0.15) is 0 Å². The summed E-state index contributed by atoms with van der Waals surface area (Å²) in [5.41, 5.74) is 0.565. The van der Waals surface area contributed by atoms with Crippen LogP contribution in [-0.4, -0.2) is 8.80 Å². The van der Waals surface area contributed by atoms with Crippen LogP contribution in [0.2, 0.25) is 18.1 Å². The van der Waals surface area contributed by atoms with Gasteiger partial charge in [0.2, 0.25) is 0 Å². The maximum absolute atomic E-state index is 12.7. The van der Waals surface area contributed by atoms with Crippen molar-refractivity contribution in [2.24, 2.45) is 11.8 Å². The van der Waals surface area contributed by atoms with E-state index >= 15 is 0 Å². The van der Waals surface area contributed by atoms with Crippen LogP contribution in [0, 0.1) is 11.8 Å². The van der Waals surface area contributed by atoms with E-state index in [1.165, 1.54) is 69.9 Å². The molecule has 29 heavy (non-hydrogen) atoms. The monoisotopic (exact) mass is 424 g/mol. The molecule has 4 heteroatoms. The predicted molar refractivity (Wildman–Crippen MR) is 119 cm³/mol. The van der Waals surface area contributed by atoms with Gasteiger partial charge >= 0.3 is 6.18 Å². The number of alkyl halides is 3. The molecule has 1 heterocycles. The zero-order valence-electron chi connectivity index (χ0n) is 18.2. The second kappa shape index (κ2) is 11.0. The minimum atomic E-state index is -4.23. The van der Waals surface area contributed by atoms with Gasteiger partial charge in [-0.15, -0.1) is 0 Å². The number of benzene rings is 1. The van der Waals surface area contributed by atoms with E-state index in [4.69, 9.17) is 0 Å². The quantitative estimate of drug-likeness (QED) is 0.289. The highest BCUT2D eigenvalue weighted by molar-refractivity contribution is 6.58. The minimum Gasteiger partial charge on any atom is -0.166 e. The Morgan fingerprint density at radius 1 is 0.828 bits per heavy atom. The first kappa shape index (κ1) is 22.9. The van der Waals surface area contributed by atoms with Crippen LogP contribution in [0.25, 0.3) is 0 Å². The van der Waals surface area contributed by atoms with Crippen LogP contribution >= 0.6 is 0 Å². The van der Waals surface area contributed by atoms with E-state index < -0.39 is 11.7 Å². The predicted octanol–water partition coefficient (Wildman–Crippen LogP) is 8.59. The molecule has 0 atom stereocenters. The number of halogens is 3. The molecule has 1 aromatic rings. The fraction of sp³-hybridized carbons (Fsp3) is 0.760. The Balaban J connectivity index is 1.29. The molecule has 0 nitrogen and oxygen atoms in total. The summed E-state index contributed by atoms with van der Waals surface area (Å²) in [5.74, 6) is 2.32. The van der Waals surface area contributed by atoms with Crippen LogP contribution < -0.4 is 0 Å². The normalized spacial score (nSPS) is 28.4. The van der Waals surface area contributed by atoms with E-state index in [2.05, 4.69) is 6.92 Å². The van der Waals surface area contributed by atoms with E-state index in [1.807, 2.05) is 0 Å². The number of hydrogen-bond donors (Lipinski definition) is 0. The lowest BCUT2D eigenvalue weighted by Crippen LogP contribution is -2.21. The maximum Gasteiger partial charge on any atom is 0.416 e. The van der Waals surface area contributed by atoms with Crippen molar-refractivity contribution in [1.29, 1.82) is 0 Å². The van der Waals surface area contributed by atoms with Crippen LogP contribution in [0.5, 0.6) is 0 Å². The van der Waals surface area contributed by atoms with Gasteiger partial charge in [0.25, 0.3) is 0 Å². The van der Waals surface area contributed by atoms with Gasteiger partial charge in [-0.05, 0) is 61.1 Å². The fourth-order valence-electron chi connectivity index (χ4n) is 5.81. The summed E-state index contributed by atoms with van der Waals surface area (Å²) in [7, 11) is -0.328.